The van der Waals surface area contributed by atoms with Gasteiger partial charge in [0.1, 0.15) is 13.2 Å². The van der Waals surface area contributed by atoms with E-state index < -0.39 is 6.10 Å². The molecule has 1 unspecified atom stereocenters. The zero-order chi connectivity index (χ0) is 47.9. The van der Waals surface area contributed by atoms with E-state index in [2.05, 4.69) is 93.7 Å². The van der Waals surface area contributed by atoms with Crippen molar-refractivity contribution in [1.82, 2.24) is 0 Å². The minimum absolute atomic E-state index is 0.0783. The third-order valence-electron chi connectivity index (χ3n) is 11.9. The molecule has 0 saturated carbocycles. The molecule has 0 aromatic carbocycles. The van der Waals surface area contributed by atoms with Crippen molar-refractivity contribution in [2.75, 3.05) is 13.2 Å². The maximum atomic E-state index is 12.8. The molecule has 0 bridgehead atoms. The van der Waals surface area contributed by atoms with E-state index >= 15 is 0 Å². The molecule has 0 rings (SSSR count). The molecule has 0 aromatic rings. The number of hydrogen-bond acceptors (Lipinski definition) is 6. The lowest BCUT2D eigenvalue weighted by molar-refractivity contribution is -0.167. The average Bonchev–Trinajstić information content (AvgIpc) is 3.31. The van der Waals surface area contributed by atoms with Gasteiger partial charge in [0.05, 0.1) is 0 Å². The number of carbonyl (C=O) groups excluding carboxylic acids is 3. The fraction of sp³-hybridized carbons (Fsp3) is 0.750. The van der Waals surface area contributed by atoms with Crippen molar-refractivity contribution in [3.63, 3.8) is 0 Å². The van der Waals surface area contributed by atoms with Crippen LogP contribution in [0.3, 0.4) is 0 Å². The summed E-state index contributed by atoms with van der Waals surface area (Å²) in [5.41, 5.74) is 0. The summed E-state index contributed by atoms with van der Waals surface area (Å²) in [6.45, 7) is 6.50. The number of hydrogen-bond donors (Lipinski definition) is 0. The fourth-order valence-electron chi connectivity index (χ4n) is 7.76. The highest BCUT2D eigenvalue weighted by Crippen LogP contribution is 2.15. The number of unbranched alkanes of at least 4 members (excludes halogenated alkanes) is 27. The molecule has 6 heteroatoms. The standard InChI is InChI=1S/C60H104O6/c1-4-7-10-13-16-19-22-24-25-26-27-28-29-30-31-32-33-34-35-37-38-41-44-47-50-53-59(62)65-56-57(55-64-58(61)52-49-46-43-40-21-18-15-12-9-6-3)66-60(63)54-51-48-45-42-39-36-23-20-17-14-11-8-5-2/h7,10,16,19-20,23-25,27-28,30-31,57H,4-6,8-9,11-15,17-18,21-22,26,29,32-56H2,1-3H3/b10-7-,19-16-,23-20-,25-24-,28-27-,31-30-. The van der Waals surface area contributed by atoms with Crippen LogP contribution in [0.2, 0.25) is 0 Å². The molecule has 0 N–H and O–H groups in total. The van der Waals surface area contributed by atoms with Gasteiger partial charge in [-0.2, -0.15) is 0 Å². The van der Waals surface area contributed by atoms with Gasteiger partial charge < -0.3 is 14.2 Å². The first-order valence-corrected chi connectivity index (χ1v) is 27.9. The second-order valence-corrected chi connectivity index (χ2v) is 18.5. The minimum atomic E-state index is -0.779. The summed E-state index contributed by atoms with van der Waals surface area (Å²) in [7, 11) is 0. The van der Waals surface area contributed by atoms with Gasteiger partial charge in [-0.25, -0.2) is 0 Å². The molecule has 6 nitrogen and oxygen atoms in total. The van der Waals surface area contributed by atoms with E-state index in [0.717, 1.165) is 109 Å². The summed E-state index contributed by atoms with van der Waals surface area (Å²) in [4.78, 5) is 38.0. The molecule has 0 spiro atoms. The molecule has 0 aliphatic rings. The van der Waals surface area contributed by atoms with Crippen LogP contribution in [0.25, 0.3) is 0 Å². The molecule has 380 valence electrons. The van der Waals surface area contributed by atoms with Crippen molar-refractivity contribution in [1.29, 1.82) is 0 Å². The summed E-state index contributed by atoms with van der Waals surface area (Å²) >= 11 is 0. The highest BCUT2D eigenvalue weighted by atomic mass is 16.6. The molecular weight excluding hydrogens is 817 g/mol. The first kappa shape index (κ1) is 62.8. The Morgan fingerprint density at radius 1 is 0.318 bits per heavy atom. The lowest BCUT2D eigenvalue weighted by atomic mass is 10.1. The fourth-order valence-corrected chi connectivity index (χ4v) is 7.76. The Morgan fingerprint density at radius 3 is 0.955 bits per heavy atom. The van der Waals surface area contributed by atoms with Crippen LogP contribution in [0.5, 0.6) is 0 Å². The van der Waals surface area contributed by atoms with Crippen LogP contribution in [-0.2, 0) is 28.6 Å². The summed E-state index contributed by atoms with van der Waals surface area (Å²) in [5, 5.41) is 0. The molecular formula is C60H104O6. The normalized spacial score (nSPS) is 12.6. The summed E-state index contributed by atoms with van der Waals surface area (Å²) in [6.07, 6.45) is 68.9. The number of allylic oxidation sites excluding steroid dienone is 12. The molecule has 0 aliphatic carbocycles. The zero-order valence-corrected chi connectivity index (χ0v) is 43.4. The van der Waals surface area contributed by atoms with Gasteiger partial charge in [0.15, 0.2) is 6.10 Å². The molecule has 0 saturated heterocycles. The molecule has 0 heterocycles. The molecule has 0 aliphatic heterocycles. The Balaban J connectivity index is 4.25. The average molecular weight is 921 g/mol. The maximum absolute atomic E-state index is 12.8. The van der Waals surface area contributed by atoms with Gasteiger partial charge in [-0.1, -0.05) is 235 Å². The minimum Gasteiger partial charge on any atom is -0.462 e. The smallest absolute Gasteiger partial charge is 0.306 e. The highest BCUT2D eigenvalue weighted by Gasteiger charge is 2.19. The van der Waals surface area contributed by atoms with Crippen LogP contribution in [0.15, 0.2) is 72.9 Å². The largest absolute Gasteiger partial charge is 0.462 e. The quantitative estimate of drug-likeness (QED) is 0.0262. The zero-order valence-electron chi connectivity index (χ0n) is 43.4. The molecule has 0 aromatic heterocycles. The van der Waals surface area contributed by atoms with Gasteiger partial charge in [0, 0.05) is 19.3 Å². The van der Waals surface area contributed by atoms with Gasteiger partial charge in [-0.15, -0.1) is 0 Å². The molecule has 1 atom stereocenters. The third-order valence-corrected chi connectivity index (χ3v) is 11.9. The molecule has 66 heavy (non-hydrogen) atoms. The van der Waals surface area contributed by atoms with Crippen molar-refractivity contribution in [3.05, 3.63) is 72.9 Å². The van der Waals surface area contributed by atoms with E-state index in [1.165, 1.54) is 122 Å². The van der Waals surface area contributed by atoms with Gasteiger partial charge in [0.25, 0.3) is 0 Å². The number of esters is 3. The Bertz CT molecular complexity index is 1240. The lowest BCUT2D eigenvalue weighted by Crippen LogP contribution is -2.30. The second kappa shape index (κ2) is 54.5. The summed E-state index contributed by atoms with van der Waals surface area (Å²) in [6, 6.07) is 0. The monoisotopic (exact) mass is 921 g/mol. The van der Waals surface area contributed by atoms with Crippen molar-refractivity contribution in [2.45, 2.75) is 277 Å². The van der Waals surface area contributed by atoms with E-state index in [1.807, 2.05) is 0 Å². The molecule has 0 radical (unpaired) electrons. The van der Waals surface area contributed by atoms with Crippen molar-refractivity contribution in [2.24, 2.45) is 0 Å². The van der Waals surface area contributed by atoms with Crippen LogP contribution in [0.4, 0.5) is 0 Å². The van der Waals surface area contributed by atoms with Gasteiger partial charge in [0.2, 0.25) is 0 Å². The predicted octanol–water partition coefficient (Wildman–Crippen LogP) is 18.6. The lowest BCUT2D eigenvalue weighted by Gasteiger charge is -2.18. The van der Waals surface area contributed by atoms with Gasteiger partial charge >= 0.3 is 17.9 Å². The van der Waals surface area contributed by atoms with E-state index in [9.17, 15) is 14.4 Å². The predicted molar refractivity (Wildman–Crippen MR) is 284 cm³/mol. The van der Waals surface area contributed by atoms with E-state index in [4.69, 9.17) is 14.2 Å². The molecule has 0 fully saturated rings. The topological polar surface area (TPSA) is 78.9 Å². The number of rotatable bonds is 50. The van der Waals surface area contributed by atoms with Crippen LogP contribution in [0, 0.1) is 0 Å². The second-order valence-electron chi connectivity index (χ2n) is 18.5. The maximum Gasteiger partial charge on any atom is 0.306 e. The Hall–Kier alpha value is -3.15. The third kappa shape index (κ3) is 51.8. The van der Waals surface area contributed by atoms with Crippen molar-refractivity contribution in [3.8, 4) is 0 Å². The first-order valence-electron chi connectivity index (χ1n) is 27.9. The van der Waals surface area contributed by atoms with Crippen LogP contribution >= 0.6 is 0 Å². The summed E-state index contributed by atoms with van der Waals surface area (Å²) in [5.74, 6) is -0.890. The number of carbonyl (C=O) groups is 3. The van der Waals surface area contributed by atoms with Crippen molar-refractivity contribution >= 4 is 17.9 Å². The van der Waals surface area contributed by atoms with E-state index in [-0.39, 0.29) is 31.1 Å². The van der Waals surface area contributed by atoms with Gasteiger partial charge in [-0.05, 0) is 89.9 Å². The van der Waals surface area contributed by atoms with E-state index in [0.29, 0.717) is 19.3 Å². The molecule has 0 amide bonds. The van der Waals surface area contributed by atoms with Crippen LogP contribution in [0.1, 0.15) is 271 Å². The van der Waals surface area contributed by atoms with E-state index in [1.54, 1.807) is 0 Å². The number of ether oxygens (including phenoxy) is 3. The Labute approximate surface area is 408 Å². The van der Waals surface area contributed by atoms with Crippen molar-refractivity contribution < 1.29 is 28.6 Å². The highest BCUT2D eigenvalue weighted by molar-refractivity contribution is 5.71. The Kier molecular flexibility index (Phi) is 51.9. The Morgan fingerprint density at radius 2 is 0.591 bits per heavy atom. The van der Waals surface area contributed by atoms with Gasteiger partial charge in [-0.3, -0.25) is 14.4 Å². The van der Waals surface area contributed by atoms with Crippen LogP contribution < -0.4 is 0 Å². The summed E-state index contributed by atoms with van der Waals surface area (Å²) < 4.78 is 16.8. The first-order chi connectivity index (χ1) is 32.5. The SMILES string of the molecule is CC/C=C\C/C=C\C/C=C\C/C=C\C/C=C\CCCCCCCCCCCC(=O)OCC(COC(=O)CCCCCCCCCCCC)OC(=O)CCCCCCC/C=C\CCCCCC. The van der Waals surface area contributed by atoms with Crippen LogP contribution in [-0.4, -0.2) is 37.2 Å².